The molecule has 0 N–H and O–H groups in total. The van der Waals surface area contributed by atoms with Crippen LogP contribution in [0.5, 0.6) is 0 Å². The Morgan fingerprint density at radius 2 is 0.913 bits per heavy atom. The molecule has 0 amide bonds. The van der Waals surface area contributed by atoms with Gasteiger partial charge in [0.05, 0.1) is 22.4 Å². The highest BCUT2D eigenvalue weighted by molar-refractivity contribution is 7.19. The van der Waals surface area contributed by atoms with E-state index in [0.717, 1.165) is 70.4 Å². The summed E-state index contributed by atoms with van der Waals surface area (Å²) in [6, 6.07) is 46.9. The minimum atomic E-state index is -0.00341. The summed E-state index contributed by atoms with van der Waals surface area (Å²) < 4.78 is 0. The minimum absolute atomic E-state index is 0.00341. The molecule has 8 aromatic rings. The summed E-state index contributed by atoms with van der Waals surface area (Å²) in [4.78, 5) is 16.5. The zero-order valence-corrected chi connectivity index (χ0v) is 44.4. The maximum Gasteiger partial charge on any atom is 0.0988 e. The highest BCUT2D eigenvalue weighted by Gasteiger charge is 2.45. The number of benzene rings is 5. The predicted molar refractivity (Wildman–Crippen MR) is 302 cm³/mol. The molecule has 0 saturated heterocycles. The number of rotatable bonds is 21. The summed E-state index contributed by atoms with van der Waals surface area (Å²) in [5.41, 5.74) is 19.7. The average Bonchev–Trinajstić information content (AvgIpc) is 4.11. The zero-order chi connectivity index (χ0) is 48.1. The van der Waals surface area contributed by atoms with E-state index in [4.69, 9.17) is 9.97 Å². The molecule has 1 aliphatic carbocycles. The fourth-order valence-corrected chi connectivity index (χ4v) is 13.5. The van der Waals surface area contributed by atoms with E-state index in [2.05, 4.69) is 177 Å². The molecule has 356 valence electrons. The maximum absolute atomic E-state index is 5.77. The summed E-state index contributed by atoms with van der Waals surface area (Å²) in [6.07, 6.45) is 17.1. The van der Waals surface area contributed by atoms with Crippen molar-refractivity contribution in [3.63, 3.8) is 0 Å². The largest absolute Gasteiger partial charge is 0.243 e. The molecule has 69 heavy (non-hydrogen) atoms. The van der Waals surface area contributed by atoms with Crippen molar-refractivity contribution >= 4 is 33.7 Å². The van der Waals surface area contributed by atoms with Crippen molar-refractivity contribution in [3.05, 3.63) is 154 Å². The molecule has 3 heterocycles. The summed E-state index contributed by atoms with van der Waals surface area (Å²) >= 11 is 3.73. The van der Waals surface area contributed by atoms with Crippen molar-refractivity contribution in [1.82, 2.24) is 9.97 Å². The SMILES string of the molecule is CCCCC(CC)CC1(CC(CC)CCCC)c2cc(C)ccc2-c2ccc(-c3ccc(-c4ccc(-c5ccc(C)s5)c5nc(-c6ccc(CCC)cc6)c(-c6ccc(CCC)cc6)nc45)s3)cc21. The Morgan fingerprint density at radius 1 is 0.449 bits per heavy atom. The minimum Gasteiger partial charge on any atom is -0.243 e. The van der Waals surface area contributed by atoms with Crippen LogP contribution in [0.15, 0.2) is 121 Å². The number of aryl methyl sites for hydroxylation is 4. The maximum atomic E-state index is 5.77. The Bertz CT molecular complexity index is 2980. The fourth-order valence-electron chi connectivity index (χ4n) is 11.5. The van der Waals surface area contributed by atoms with Crippen molar-refractivity contribution < 1.29 is 0 Å². The molecule has 0 aliphatic heterocycles. The van der Waals surface area contributed by atoms with Crippen LogP contribution in [0.3, 0.4) is 0 Å². The molecule has 2 nitrogen and oxygen atoms in total. The van der Waals surface area contributed by atoms with Gasteiger partial charge in [0.15, 0.2) is 0 Å². The van der Waals surface area contributed by atoms with E-state index in [-0.39, 0.29) is 5.41 Å². The van der Waals surface area contributed by atoms with Gasteiger partial charge in [-0.3, -0.25) is 0 Å². The normalized spacial score (nSPS) is 15.1. The Labute approximate surface area is 422 Å². The molecule has 0 saturated carbocycles. The number of unbranched alkanes of at least 4 members (excludes halogenated alkanes) is 2. The van der Waals surface area contributed by atoms with Gasteiger partial charge in [-0.15, -0.1) is 22.7 Å². The molecule has 5 aromatic carbocycles. The third-order valence-electron chi connectivity index (χ3n) is 15.4. The molecule has 1 aliphatic rings. The van der Waals surface area contributed by atoms with Gasteiger partial charge in [0.1, 0.15) is 0 Å². The van der Waals surface area contributed by atoms with Gasteiger partial charge in [-0.2, -0.15) is 0 Å². The van der Waals surface area contributed by atoms with Gasteiger partial charge in [-0.25, -0.2) is 9.97 Å². The van der Waals surface area contributed by atoms with Gasteiger partial charge >= 0.3 is 0 Å². The second-order valence-electron chi connectivity index (χ2n) is 20.4. The quantitative estimate of drug-likeness (QED) is 0.0717. The molecule has 4 heteroatoms. The molecule has 2 atom stereocenters. The van der Waals surface area contributed by atoms with E-state index in [9.17, 15) is 0 Å². The highest BCUT2D eigenvalue weighted by Crippen LogP contribution is 2.57. The first-order valence-electron chi connectivity index (χ1n) is 26.7. The van der Waals surface area contributed by atoms with Crippen LogP contribution in [-0.2, 0) is 18.3 Å². The van der Waals surface area contributed by atoms with Crippen LogP contribution in [0, 0.1) is 25.7 Å². The first-order valence-corrected chi connectivity index (χ1v) is 28.3. The third-order valence-corrected chi connectivity index (χ3v) is 17.6. The van der Waals surface area contributed by atoms with Gasteiger partial charge in [0.2, 0.25) is 0 Å². The lowest BCUT2D eigenvalue weighted by Crippen LogP contribution is -2.31. The van der Waals surface area contributed by atoms with E-state index in [1.807, 2.05) is 22.7 Å². The predicted octanol–water partition coefficient (Wildman–Crippen LogP) is 20.1. The summed E-state index contributed by atoms with van der Waals surface area (Å²) in [7, 11) is 0. The highest BCUT2D eigenvalue weighted by atomic mass is 32.1. The van der Waals surface area contributed by atoms with Gasteiger partial charge in [-0.1, -0.05) is 202 Å². The Morgan fingerprint density at radius 3 is 1.41 bits per heavy atom. The average molecular weight is 947 g/mol. The molecular formula is C65H74N2S2. The smallest absolute Gasteiger partial charge is 0.0988 e. The lowest BCUT2D eigenvalue weighted by molar-refractivity contribution is 0.266. The van der Waals surface area contributed by atoms with Crippen LogP contribution in [0.2, 0.25) is 0 Å². The second-order valence-corrected chi connectivity index (χ2v) is 22.8. The molecule has 0 bridgehead atoms. The Kier molecular flexibility index (Phi) is 15.5. The Hall–Kier alpha value is -5.16. The van der Waals surface area contributed by atoms with Crippen molar-refractivity contribution in [2.24, 2.45) is 11.8 Å². The topological polar surface area (TPSA) is 25.8 Å². The summed E-state index contributed by atoms with van der Waals surface area (Å²) in [5, 5.41) is 0. The van der Waals surface area contributed by atoms with E-state index < -0.39 is 0 Å². The number of thiophene rings is 2. The molecule has 0 fully saturated rings. The van der Waals surface area contributed by atoms with Crippen molar-refractivity contribution in [1.29, 1.82) is 0 Å². The standard InChI is InChI=1S/C65H74N2S2/c1-9-15-19-45(13-5)41-65(42-46(14-6)20-16-10-2)56-39-43(7)21-32-52(56)53-33-31-51(40-57(53)65)58-37-38-60(69-58)55-35-34-54(59-36-22-44(8)68-59)63-64(55)67-62(50-29-25-48(18-12-4)26-30-50)61(66-63)49-27-23-47(17-11-3)24-28-49/h21-40,45-46H,9-20,41-42H2,1-8H3. The summed E-state index contributed by atoms with van der Waals surface area (Å²) in [5.74, 6) is 1.39. The van der Waals surface area contributed by atoms with E-state index in [1.165, 1.54) is 117 Å². The first kappa shape index (κ1) is 48.8. The number of aromatic nitrogens is 2. The van der Waals surface area contributed by atoms with Crippen LogP contribution in [0.1, 0.15) is 151 Å². The first-order chi connectivity index (χ1) is 33.7. The number of hydrogen-bond donors (Lipinski definition) is 0. The number of nitrogens with zero attached hydrogens (tertiary/aromatic N) is 2. The van der Waals surface area contributed by atoms with E-state index in [0.29, 0.717) is 11.8 Å². The van der Waals surface area contributed by atoms with Crippen LogP contribution < -0.4 is 0 Å². The fraction of sp³-hybridized carbons (Fsp3) is 0.385. The van der Waals surface area contributed by atoms with Gasteiger partial charge in [0, 0.05) is 47.2 Å². The number of fused-ring (bicyclic) bond motifs is 4. The molecule has 9 rings (SSSR count). The summed E-state index contributed by atoms with van der Waals surface area (Å²) in [6.45, 7) is 18.6. The van der Waals surface area contributed by atoms with Crippen molar-refractivity contribution in [2.45, 2.75) is 151 Å². The molecule has 2 unspecified atom stereocenters. The van der Waals surface area contributed by atoms with Crippen LogP contribution in [0.25, 0.3) is 76.0 Å². The van der Waals surface area contributed by atoms with Gasteiger partial charge < -0.3 is 0 Å². The molecular weight excluding hydrogens is 873 g/mol. The van der Waals surface area contributed by atoms with Crippen LogP contribution in [-0.4, -0.2) is 9.97 Å². The second kappa shape index (κ2) is 21.9. The molecule has 3 aromatic heterocycles. The van der Waals surface area contributed by atoms with Crippen LogP contribution in [0.4, 0.5) is 0 Å². The lowest BCUT2D eigenvalue weighted by Gasteiger charge is -2.39. The van der Waals surface area contributed by atoms with Crippen LogP contribution >= 0.6 is 22.7 Å². The lowest BCUT2D eigenvalue weighted by atomic mass is 9.65. The zero-order valence-electron chi connectivity index (χ0n) is 42.8. The monoisotopic (exact) mass is 947 g/mol. The van der Waals surface area contributed by atoms with Crippen molar-refractivity contribution in [2.75, 3.05) is 0 Å². The van der Waals surface area contributed by atoms with E-state index in [1.54, 1.807) is 11.1 Å². The Balaban J connectivity index is 1.20. The molecule has 0 spiro atoms. The van der Waals surface area contributed by atoms with E-state index >= 15 is 0 Å². The van der Waals surface area contributed by atoms with Gasteiger partial charge in [-0.05, 0) is 121 Å². The molecule has 0 radical (unpaired) electrons. The van der Waals surface area contributed by atoms with Crippen molar-refractivity contribution in [3.8, 4) is 65.0 Å². The van der Waals surface area contributed by atoms with Gasteiger partial charge in [0.25, 0.3) is 0 Å². The third kappa shape index (κ3) is 10.1. The number of hydrogen-bond acceptors (Lipinski definition) is 4.